The second-order valence-electron chi connectivity index (χ2n) is 4.67. The lowest BCUT2D eigenvalue weighted by Gasteiger charge is -2.09. The van der Waals surface area contributed by atoms with Gasteiger partial charge in [0.2, 0.25) is 0 Å². The fourth-order valence-corrected chi connectivity index (χ4v) is 2.49. The van der Waals surface area contributed by atoms with Crippen LogP contribution in [-0.2, 0) is 13.1 Å². The van der Waals surface area contributed by atoms with Crippen LogP contribution in [0.3, 0.4) is 0 Å². The predicted molar refractivity (Wildman–Crippen MR) is 77.0 cm³/mol. The summed E-state index contributed by atoms with van der Waals surface area (Å²) < 4.78 is 2.17. The zero-order valence-electron chi connectivity index (χ0n) is 10.6. The van der Waals surface area contributed by atoms with Crippen LogP contribution in [0.5, 0.6) is 5.75 Å². The molecule has 0 atom stereocenters. The highest BCUT2D eigenvalue weighted by Gasteiger charge is 2.06. The lowest BCUT2D eigenvalue weighted by molar-refractivity contribution is 0.474. The average Bonchev–Trinajstić information content (AvgIpc) is 2.82. The molecule has 3 heteroatoms. The van der Waals surface area contributed by atoms with Crippen molar-refractivity contribution in [3.05, 3.63) is 65.9 Å². The highest BCUT2D eigenvalue weighted by Crippen LogP contribution is 2.22. The summed E-state index contributed by atoms with van der Waals surface area (Å²) in [4.78, 5) is 0. The average molecular weight is 252 g/mol. The number of benzene rings is 2. The summed E-state index contributed by atoms with van der Waals surface area (Å²) >= 11 is 0. The summed E-state index contributed by atoms with van der Waals surface area (Å²) in [6, 6.07) is 15.6. The number of nitrogens with two attached hydrogens (primary N) is 1. The molecule has 1 heterocycles. The molecule has 0 aliphatic heterocycles. The summed E-state index contributed by atoms with van der Waals surface area (Å²) in [6.45, 7) is 1.26. The van der Waals surface area contributed by atoms with E-state index in [1.807, 2.05) is 18.2 Å². The molecule has 0 saturated heterocycles. The van der Waals surface area contributed by atoms with Crippen LogP contribution < -0.4 is 5.73 Å². The topological polar surface area (TPSA) is 51.2 Å². The maximum Gasteiger partial charge on any atom is 0.115 e. The second-order valence-corrected chi connectivity index (χ2v) is 4.67. The van der Waals surface area contributed by atoms with Crippen LogP contribution in [-0.4, -0.2) is 9.67 Å². The fourth-order valence-electron chi connectivity index (χ4n) is 2.49. The van der Waals surface area contributed by atoms with Gasteiger partial charge in [0.25, 0.3) is 0 Å². The Morgan fingerprint density at radius 3 is 2.68 bits per heavy atom. The number of aromatic hydroxyl groups is 1. The Labute approximate surface area is 111 Å². The Morgan fingerprint density at radius 1 is 1.05 bits per heavy atom. The summed E-state index contributed by atoms with van der Waals surface area (Å²) in [7, 11) is 0. The maximum absolute atomic E-state index is 9.53. The van der Waals surface area contributed by atoms with Gasteiger partial charge in [-0.1, -0.05) is 30.3 Å². The fraction of sp³-hybridized carbons (Fsp3) is 0.125. The number of para-hydroxylation sites is 1. The SMILES string of the molecule is NCc1cccc2ccn(Cc3cccc(O)c3)c12. The first-order valence-electron chi connectivity index (χ1n) is 6.32. The van der Waals surface area contributed by atoms with E-state index in [2.05, 4.69) is 29.0 Å². The second kappa shape index (κ2) is 4.78. The molecule has 3 aromatic rings. The molecule has 96 valence electrons. The molecule has 0 aliphatic rings. The van der Waals surface area contributed by atoms with Crippen LogP contribution in [0, 0.1) is 0 Å². The molecule has 0 aliphatic carbocycles. The van der Waals surface area contributed by atoms with E-state index in [1.165, 1.54) is 10.9 Å². The number of rotatable bonds is 3. The highest BCUT2D eigenvalue weighted by atomic mass is 16.3. The van der Waals surface area contributed by atoms with E-state index in [1.54, 1.807) is 12.1 Å². The van der Waals surface area contributed by atoms with E-state index in [0.717, 1.165) is 17.7 Å². The molecule has 0 radical (unpaired) electrons. The summed E-state index contributed by atoms with van der Waals surface area (Å²) in [5.74, 6) is 0.299. The van der Waals surface area contributed by atoms with Gasteiger partial charge in [0.05, 0.1) is 5.52 Å². The molecule has 2 aromatic carbocycles. The Bertz CT molecular complexity index is 716. The quantitative estimate of drug-likeness (QED) is 0.753. The molecule has 0 amide bonds. The van der Waals surface area contributed by atoms with Crippen molar-refractivity contribution in [1.29, 1.82) is 0 Å². The lowest BCUT2D eigenvalue weighted by atomic mass is 10.1. The van der Waals surface area contributed by atoms with Crippen LogP contribution in [0.15, 0.2) is 54.7 Å². The van der Waals surface area contributed by atoms with Crippen molar-refractivity contribution in [3.8, 4) is 5.75 Å². The first-order chi connectivity index (χ1) is 9.28. The minimum Gasteiger partial charge on any atom is -0.508 e. The van der Waals surface area contributed by atoms with Gasteiger partial charge in [0.1, 0.15) is 5.75 Å². The molecular formula is C16H16N2O. The van der Waals surface area contributed by atoms with Crippen LogP contribution in [0.4, 0.5) is 0 Å². The monoisotopic (exact) mass is 252 g/mol. The van der Waals surface area contributed by atoms with Crippen molar-refractivity contribution in [2.24, 2.45) is 5.73 Å². The summed E-state index contributed by atoms with van der Waals surface area (Å²) in [5, 5.41) is 10.7. The number of aromatic nitrogens is 1. The van der Waals surface area contributed by atoms with Crippen molar-refractivity contribution >= 4 is 10.9 Å². The molecular weight excluding hydrogens is 236 g/mol. The van der Waals surface area contributed by atoms with E-state index in [9.17, 15) is 5.11 Å². The largest absolute Gasteiger partial charge is 0.508 e. The number of phenols is 1. The molecule has 3 nitrogen and oxygen atoms in total. The zero-order valence-corrected chi connectivity index (χ0v) is 10.6. The third kappa shape index (κ3) is 2.20. The van der Waals surface area contributed by atoms with Crippen molar-refractivity contribution in [3.63, 3.8) is 0 Å². The van der Waals surface area contributed by atoms with Gasteiger partial charge in [0, 0.05) is 19.3 Å². The van der Waals surface area contributed by atoms with Gasteiger partial charge in [-0.05, 0) is 34.7 Å². The normalized spacial score (nSPS) is 11.0. The Kier molecular flexibility index (Phi) is 2.97. The first kappa shape index (κ1) is 11.8. The number of phenolic OH excluding ortho intramolecular Hbond substituents is 1. The molecule has 3 N–H and O–H groups in total. The minimum absolute atomic E-state index is 0.299. The zero-order chi connectivity index (χ0) is 13.2. The van der Waals surface area contributed by atoms with Crippen LogP contribution in [0.2, 0.25) is 0 Å². The van der Waals surface area contributed by atoms with E-state index in [0.29, 0.717) is 12.3 Å². The van der Waals surface area contributed by atoms with Gasteiger partial charge in [-0.3, -0.25) is 0 Å². The number of hydrogen-bond acceptors (Lipinski definition) is 2. The van der Waals surface area contributed by atoms with Gasteiger partial charge < -0.3 is 15.4 Å². The molecule has 19 heavy (non-hydrogen) atoms. The number of hydrogen-bond donors (Lipinski definition) is 2. The Balaban J connectivity index is 2.06. The van der Waals surface area contributed by atoms with Gasteiger partial charge in [-0.25, -0.2) is 0 Å². The maximum atomic E-state index is 9.53. The van der Waals surface area contributed by atoms with Gasteiger partial charge in [0.15, 0.2) is 0 Å². The molecule has 0 bridgehead atoms. The van der Waals surface area contributed by atoms with E-state index in [-0.39, 0.29) is 0 Å². The number of nitrogens with zero attached hydrogens (tertiary/aromatic N) is 1. The standard InChI is InChI=1S/C16H16N2O/c17-10-14-5-2-4-13-7-8-18(16(13)14)11-12-3-1-6-15(19)9-12/h1-9,19H,10-11,17H2. The Morgan fingerprint density at radius 2 is 1.89 bits per heavy atom. The van der Waals surface area contributed by atoms with Crippen LogP contribution >= 0.6 is 0 Å². The van der Waals surface area contributed by atoms with E-state index in [4.69, 9.17) is 5.73 Å². The van der Waals surface area contributed by atoms with Crippen LogP contribution in [0.25, 0.3) is 10.9 Å². The van der Waals surface area contributed by atoms with Gasteiger partial charge >= 0.3 is 0 Å². The summed E-state index contributed by atoms with van der Waals surface area (Å²) in [6.07, 6.45) is 2.06. The van der Waals surface area contributed by atoms with Crippen molar-refractivity contribution in [2.75, 3.05) is 0 Å². The molecule has 0 saturated carbocycles. The minimum atomic E-state index is 0.299. The smallest absolute Gasteiger partial charge is 0.115 e. The van der Waals surface area contributed by atoms with Crippen LogP contribution in [0.1, 0.15) is 11.1 Å². The molecule has 0 spiro atoms. The van der Waals surface area contributed by atoms with Crippen molar-refractivity contribution < 1.29 is 5.11 Å². The van der Waals surface area contributed by atoms with Crippen molar-refractivity contribution in [1.82, 2.24) is 4.57 Å². The Hall–Kier alpha value is -2.26. The highest BCUT2D eigenvalue weighted by molar-refractivity contribution is 5.83. The molecule has 0 fully saturated rings. The molecule has 3 rings (SSSR count). The first-order valence-corrected chi connectivity index (χ1v) is 6.32. The predicted octanol–water partition coefficient (Wildman–Crippen LogP) is 2.85. The summed E-state index contributed by atoms with van der Waals surface area (Å²) in [5.41, 5.74) is 9.20. The van der Waals surface area contributed by atoms with Gasteiger partial charge in [-0.15, -0.1) is 0 Å². The lowest BCUT2D eigenvalue weighted by Crippen LogP contribution is -2.03. The van der Waals surface area contributed by atoms with E-state index >= 15 is 0 Å². The molecule has 0 unspecified atom stereocenters. The van der Waals surface area contributed by atoms with E-state index < -0.39 is 0 Å². The van der Waals surface area contributed by atoms with Gasteiger partial charge in [-0.2, -0.15) is 0 Å². The number of fused-ring (bicyclic) bond motifs is 1. The van der Waals surface area contributed by atoms with Crippen molar-refractivity contribution in [2.45, 2.75) is 13.1 Å². The third-order valence-corrected chi connectivity index (χ3v) is 3.36. The third-order valence-electron chi connectivity index (χ3n) is 3.36. The molecule has 1 aromatic heterocycles.